The summed E-state index contributed by atoms with van der Waals surface area (Å²) in [7, 11) is 5.16. The predicted octanol–water partition coefficient (Wildman–Crippen LogP) is 2.77. The second-order valence-electron chi connectivity index (χ2n) is 4.55. The Kier molecular flexibility index (Phi) is 3.82. The number of hydrogen-bond acceptors (Lipinski definition) is 3. The van der Waals surface area contributed by atoms with Gasteiger partial charge in [0.25, 0.3) is 0 Å². The zero-order valence-electron chi connectivity index (χ0n) is 10.7. The fourth-order valence-corrected chi connectivity index (χ4v) is 2.61. The van der Waals surface area contributed by atoms with E-state index in [1.54, 1.807) is 21.3 Å². The molecule has 0 aliphatic heterocycles. The molecule has 1 aromatic carbocycles. The summed E-state index contributed by atoms with van der Waals surface area (Å²) in [6, 6.07) is 10.3. The Morgan fingerprint density at radius 1 is 1.06 bits per heavy atom. The van der Waals surface area contributed by atoms with Crippen molar-refractivity contribution in [3.8, 4) is 0 Å². The molecule has 1 aliphatic carbocycles. The second kappa shape index (κ2) is 5.17. The summed E-state index contributed by atoms with van der Waals surface area (Å²) in [5, 5.41) is 0. The fourth-order valence-electron chi connectivity index (χ4n) is 2.61. The average molecular weight is 236 g/mol. The van der Waals surface area contributed by atoms with Crippen molar-refractivity contribution in [3.63, 3.8) is 0 Å². The van der Waals surface area contributed by atoms with Gasteiger partial charge in [-0.05, 0) is 11.5 Å². The maximum Gasteiger partial charge on any atom is 0.168 e. The molecule has 1 fully saturated rings. The van der Waals surface area contributed by atoms with Gasteiger partial charge in [0.1, 0.15) is 0 Å². The maximum absolute atomic E-state index is 5.61. The second-order valence-corrected chi connectivity index (χ2v) is 4.55. The molecule has 0 amide bonds. The quantitative estimate of drug-likeness (QED) is 0.736. The minimum atomic E-state index is -0.393. The standard InChI is InChI=1S/C14H20O3/c1-15-13(11-7-5-4-6-8-11)12-9-14(10-12,16-2)17-3/h4-8,12-13H,9-10H2,1-3H3. The zero-order valence-corrected chi connectivity index (χ0v) is 10.7. The van der Waals surface area contributed by atoms with Crippen molar-refractivity contribution in [2.75, 3.05) is 21.3 Å². The van der Waals surface area contributed by atoms with E-state index >= 15 is 0 Å². The lowest BCUT2D eigenvalue weighted by Crippen LogP contribution is -2.49. The third-order valence-corrected chi connectivity index (χ3v) is 3.70. The zero-order chi connectivity index (χ0) is 12.3. The summed E-state index contributed by atoms with van der Waals surface area (Å²) in [5.74, 6) is 0.0678. The van der Waals surface area contributed by atoms with Gasteiger partial charge in [0, 0.05) is 34.2 Å². The van der Waals surface area contributed by atoms with E-state index in [1.165, 1.54) is 5.56 Å². The molecule has 0 bridgehead atoms. The molecule has 1 unspecified atom stereocenters. The van der Waals surface area contributed by atoms with E-state index in [-0.39, 0.29) is 6.10 Å². The number of benzene rings is 1. The first-order chi connectivity index (χ1) is 8.24. The Morgan fingerprint density at radius 3 is 2.12 bits per heavy atom. The van der Waals surface area contributed by atoms with Gasteiger partial charge in [0.05, 0.1) is 6.10 Å². The highest BCUT2D eigenvalue weighted by Gasteiger charge is 2.48. The van der Waals surface area contributed by atoms with E-state index in [0.717, 1.165) is 12.8 Å². The van der Waals surface area contributed by atoms with Crippen LogP contribution < -0.4 is 0 Å². The molecule has 94 valence electrons. The highest BCUT2D eigenvalue weighted by Crippen LogP contribution is 2.48. The van der Waals surface area contributed by atoms with Gasteiger partial charge in [-0.2, -0.15) is 0 Å². The van der Waals surface area contributed by atoms with E-state index in [2.05, 4.69) is 12.1 Å². The molecule has 1 saturated carbocycles. The van der Waals surface area contributed by atoms with Crippen LogP contribution in [0.1, 0.15) is 24.5 Å². The van der Waals surface area contributed by atoms with Crippen LogP contribution in [0.15, 0.2) is 30.3 Å². The average Bonchev–Trinajstić information content (AvgIpc) is 2.34. The van der Waals surface area contributed by atoms with Crippen molar-refractivity contribution < 1.29 is 14.2 Å². The van der Waals surface area contributed by atoms with E-state index < -0.39 is 5.79 Å². The molecule has 1 aromatic rings. The number of hydrogen-bond donors (Lipinski definition) is 0. The Hall–Kier alpha value is -0.900. The first-order valence-corrected chi connectivity index (χ1v) is 5.92. The van der Waals surface area contributed by atoms with Gasteiger partial charge >= 0.3 is 0 Å². The van der Waals surface area contributed by atoms with Crippen molar-refractivity contribution in [1.82, 2.24) is 0 Å². The fraction of sp³-hybridized carbons (Fsp3) is 0.571. The van der Waals surface area contributed by atoms with Crippen LogP contribution in [0.2, 0.25) is 0 Å². The molecule has 0 spiro atoms. The normalized spacial score (nSPS) is 20.9. The molecule has 1 atom stereocenters. The Balaban J connectivity index is 2.03. The Morgan fingerprint density at radius 2 is 1.65 bits per heavy atom. The summed E-state index contributed by atoms with van der Waals surface area (Å²) in [5.41, 5.74) is 1.22. The molecule has 3 nitrogen and oxygen atoms in total. The first kappa shape index (κ1) is 12.6. The summed E-state index contributed by atoms with van der Waals surface area (Å²) in [6.45, 7) is 0. The molecule has 0 saturated heterocycles. The van der Waals surface area contributed by atoms with Crippen molar-refractivity contribution in [3.05, 3.63) is 35.9 Å². The lowest BCUT2D eigenvalue weighted by molar-refractivity contribution is -0.283. The summed E-state index contributed by atoms with van der Waals surface area (Å²) < 4.78 is 16.4. The minimum absolute atomic E-state index is 0.134. The van der Waals surface area contributed by atoms with Gasteiger partial charge in [-0.3, -0.25) is 0 Å². The van der Waals surface area contributed by atoms with Gasteiger partial charge in [-0.25, -0.2) is 0 Å². The molecule has 1 aliphatic rings. The molecule has 0 radical (unpaired) electrons. The Labute approximate surface area is 103 Å². The largest absolute Gasteiger partial charge is 0.376 e. The SMILES string of the molecule is COC(c1ccccc1)C1CC(OC)(OC)C1. The van der Waals surface area contributed by atoms with Crippen LogP contribution in [-0.2, 0) is 14.2 Å². The van der Waals surface area contributed by atoms with Crippen molar-refractivity contribution >= 4 is 0 Å². The number of rotatable bonds is 5. The summed E-state index contributed by atoms with van der Waals surface area (Å²) in [6.07, 6.45) is 1.90. The third-order valence-electron chi connectivity index (χ3n) is 3.70. The molecule has 0 aromatic heterocycles. The van der Waals surface area contributed by atoms with Crippen LogP contribution >= 0.6 is 0 Å². The molecule has 0 heterocycles. The molecule has 3 heteroatoms. The minimum Gasteiger partial charge on any atom is -0.376 e. The van der Waals surface area contributed by atoms with E-state index in [1.807, 2.05) is 18.2 Å². The van der Waals surface area contributed by atoms with Crippen LogP contribution in [0.3, 0.4) is 0 Å². The lowest BCUT2D eigenvalue weighted by atomic mass is 9.73. The van der Waals surface area contributed by atoms with Gasteiger partial charge in [-0.1, -0.05) is 30.3 Å². The maximum atomic E-state index is 5.61. The van der Waals surface area contributed by atoms with Crippen LogP contribution in [-0.4, -0.2) is 27.1 Å². The van der Waals surface area contributed by atoms with Crippen molar-refractivity contribution in [1.29, 1.82) is 0 Å². The molecule has 17 heavy (non-hydrogen) atoms. The predicted molar refractivity (Wildman–Crippen MR) is 65.7 cm³/mol. The van der Waals surface area contributed by atoms with E-state index in [9.17, 15) is 0 Å². The van der Waals surface area contributed by atoms with Crippen LogP contribution in [0.4, 0.5) is 0 Å². The smallest absolute Gasteiger partial charge is 0.168 e. The van der Waals surface area contributed by atoms with Crippen molar-refractivity contribution in [2.24, 2.45) is 5.92 Å². The number of ether oxygens (including phenoxy) is 3. The Bertz CT molecular complexity index is 338. The van der Waals surface area contributed by atoms with Crippen molar-refractivity contribution in [2.45, 2.75) is 24.7 Å². The monoisotopic (exact) mass is 236 g/mol. The number of methoxy groups -OCH3 is 3. The topological polar surface area (TPSA) is 27.7 Å². The van der Waals surface area contributed by atoms with Gasteiger partial charge < -0.3 is 14.2 Å². The van der Waals surface area contributed by atoms with Crippen LogP contribution in [0.5, 0.6) is 0 Å². The molecular weight excluding hydrogens is 216 g/mol. The lowest BCUT2D eigenvalue weighted by Gasteiger charge is -2.47. The molecule has 0 N–H and O–H groups in total. The van der Waals surface area contributed by atoms with Gasteiger partial charge in [-0.15, -0.1) is 0 Å². The van der Waals surface area contributed by atoms with E-state index in [0.29, 0.717) is 5.92 Å². The van der Waals surface area contributed by atoms with Gasteiger partial charge in [0.2, 0.25) is 0 Å². The van der Waals surface area contributed by atoms with Crippen LogP contribution in [0.25, 0.3) is 0 Å². The highest BCUT2D eigenvalue weighted by atomic mass is 16.7. The first-order valence-electron chi connectivity index (χ1n) is 5.92. The highest BCUT2D eigenvalue weighted by molar-refractivity contribution is 5.19. The molecule has 2 rings (SSSR count). The summed E-state index contributed by atoms with van der Waals surface area (Å²) in [4.78, 5) is 0. The van der Waals surface area contributed by atoms with Gasteiger partial charge in [0.15, 0.2) is 5.79 Å². The van der Waals surface area contributed by atoms with Crippen LogP contribution in [0, 0.1) is 5.92 Å². The third kappa shape index (κ3) is 2.37. The van der Waals surface area contributed by atoms with E-state index in [4.69, 9.17) is 14.2 Å². The molecular formula is C14H20O3. The summed E-state index contributed by atoms with van der Waals surface area (Å²) >= 11 is 0.